The van der Waals surface area contributed by atoms with Crippen molar-refractivity contribution in [3.8, 4) is 5.75 Å². The number of aromatic hydroxyl groups is 1. The molecule has 0 aliphatic carbocycles. The summed E-state index contributed by atoms with van der Waals surface area (Å²) in [5.74, 6) is -2.16. The summed E-state index contributed by atoms with van der Waals surface area (Å²) in [5, 5.41) is 16.0. The number of likely N-dealkylation sites (tertiary alicyclic amines) is 1. The number of phenolic OH excluding ortho intramolecular Hbond substituents is 1. The second-order valence-corrected chi connectivity index (χ2v) is 10.1. The summed E-state index contributed by atoms with van der Waals surface area (Å²) in [4.78, 5) is 42.2. The molecule has 3 heterocycles. The quantitative estimate of drug-likeness (QED) is 0.632. The van der Waals surface area contributed by atoms with Crippen molar-refractivity contribution in [3.63, 3.8) is 0 Å². The summed E-state index contributed by atoms with van der Waals surface area (Å²) < 4.78 is 0. The maximum atomic E-state index is 13.7. The van der Waals surface area contributed by atoms with E-state index in [1.807, 2.05) is 45.9 Å². The standard InChI is InChI=1S/C25H27N3O4/c1-13-5-10-17-16(11-13)25(23(32)26-17)20-19(21(30)28(22(20)31)24(2,3)4)18(27-25)12-14-6-8-15(29)9-7-14/h5-11,18-20,27,29H,12H2,1-4H3,(H,26,32)/t18-,19+,20-,25-/m0/s1. The second kappa shape index (κ2) is 6.65. The number of nitrogens with one attached hydrogen (secondary N) is 2. The number of rotatable bonds is 2. The number of nitrogens with zero attached hydrogens (tertiary/aromatic N) is 1. The molecule has 0 unspecified atom stereocenters. The van der Waals surface area contributed by atoms with E-state index in [1.165, 1.54) is 4.90 Å². The van der Waals surface area contributed by atoms with Crippen LogP contribution in [-0.4, -0.2) is 39.3 Å². The van der Waals surface area contributed by atoms with E-state index in [9.17, 15) is 19.5 Å². The number of benzene rings is 2. The van der Waals surface area contributed by atoms with Crippen molar-refractivity contribution in [3.05, 3.63) is 59.2 Å². The molecule has 2 fully saturated rings. The number of carbonyl (C=O) groups is 3. The molecule has 2 aromatic rings. The average Bonchev–Trinajstić information content (AvgIpc) is 3.28. The Morgan fingerprint density at radius 3 is 2.38 bits per heavy atom. The van der Waals surface area contributed by atoms with Crippen LogP contribution in [-0.2, 0) is 26.3 Å². The molecule has 2 saturated heterocycles. The number of amides is 3. The number of imide groups is 1. The van der Waals surface area contributed by atoms with Crippen LogP contribution in [0.2, 0.25) is 0 Å². The van der Waals surface area contributed by atoms with Crippen molar-refractivity contribution in [1.82, 2.24) is 10.2 Å². The molecule has 166 valence electrons. The Morgan fingerprint density at radius 1 is 1.03 bits per heavy atom. The highest BCUT2D eigenvalue weighted by atomic mass is 16.3. The van der Waals surface area contributed by atoms with Crippen molar-refractivity contribution in [2.75, 3.05) is 5.32 Å². The highest BCUT2D eigenvalue weighted by Crippen LogP contribution is 2.54. The van der Waals surface area contributed by atoms with Crippen molar-refractivity contribution < 1.29 is 19.5 Å². The van der Waals surface area contributed by atoms with Crippen molar-refractivity contribution in [2.24, 2.45) is 11.8 Å². The first-order valence-electron chi connectivity index (χ1n) is 10.9. The fourth-order valence-corrected chi connectivity index (χ4v) is 5.64. The normalized spacial score (nSPS) is 28.9. The van der Waals surface area contributed by atoms with Crippen LogP contribution in [0.25, 0.3) is 0 Å². The van der Waals surface area contributed by atoms with Crippen LogP contribution in [0, 0.1) is 18.8 Å². The van der Waals surface area contributed by atoms with E-state index >= 15 is 0 Å². The highest BCUT2D eigenvalue weighted by Gasteiger charge is 2.71. The Morgan fingerprint density at radius 2 is 1.72 bits per heavy atom. The zero-order valence-electron chi connectivity index (χ0n) is 18.6. The van der Waals surface area contributed by atoms with Gasteiger partial charge in [-0.05, 0) is 57.9 Å². The lowest BCUT2D eigenvalue weighted by Gasteiger charge is -2.34. The first-order chi connectivity index (χ1) is 15.0. The molecule has 5 rings (SSSR count). The topological polar surface area (TPSA) is 98.7 Å². The molecular weight excluding hydrogens is 406 g/mol. The minimum Gasteiger partial charge on any atom is -0.508 e. The van der Waals surface area contributed by atoms with Crippen LogP contribution in [0.1, 0.15) is 37.5 Å². The van der Waals surface area contributed by atoms with Gasteiger partial charge in [0.05, 0.1) is 11.8 Å². The van der Waals surface area contributed by atoms with E-state index in [1.54, 1.807) is 24.3 Å². The lowest BCUT2D eigenvalue weighted by Crippen LogP contribution is -2.56. The van der Waals surface area contributed by atoms with Gasteiger partial charge in [0.25, 0.3) is 0 Å². The summed E-state index contributed by atoms with van der Waals surface area (Å²) in [5.41, 5.74) is 1.31. The molecule has 4 atom stereocenters. The minimum atomic E-state index is -1.29. The van der Waals surface area contributed by atoms with Gasteiger partial charge in [-0.3, -0.25) is 24.6 Å². The number of anilines is 1. The molecule has 3 amide bonds. The fraction of sp³-hybridized carbons (Fsp3) is 0.400. The predicted molar refractivity (Wildman–Crippen MR) is 119 cm³/mol. The van der Waals surface area contributed by atoms with Crippen molar-refractivity contribution in [2.45, 2.75) is 51.2 Å². The molecule has 0 radical (unpaired) electrons. The molecule has 2 aromatic carbocycles. The molecule has 3 N–H and O–H groups in total. The first kappa shape index (κ1) is 20.7. The summed E-state index contributed by atoms with van der Waals surface area (Å²) in [6.45, 7) is 7.46. The van der Waals surface area contributed by atoms with E-state index in [-0.39, 0.29) is 23.5 Å². The van der Waals surface area contributed by atoms with Crippen LogP contribution in [0.4, 0.5) is 5.69 Å². The highest BCUT2D eigenvalue weighted by molar-refractivity contribution is 6.15. The summed E-state index contributed by atoms with van der Waals surface area (Å²) >= 11 is 0. The van der Waals surface area contributed by atoms with Crippen LogP contribution in [0.15, 0.2) is 42.5 Å². The third-order valence-electron chi connectivity index (χ3n) is 6.93. The number of hydrogen-bond acceptors (Lipinski definition) is 5. The van der Waals surface area contributed by atoms with Crippen LogP contribution in [0.5, 0.6) is 5.75 Å². The molecule has 7 nitrogen and oxygen atoms in total. The monoisotopic (exact) mass is 433 g/mol. The van der Waals surface area contributed by atoms with Gasteiger partial charge in [-0.1, -0.05) is 29.8 Å². The van der Waals surface area contributed by atoms with Gasteiger partial charge in [-0.15, -0.1) is 0 Å². The minimum absolute atomic E-state index is 0.160. The molecular formula is C25H27N3O4. The van der Waals surface area contributed by atoms with Gasteiger partial charge in [0, 0.05) is 22.8 Å². The lowest BCUT2D eigenvalue weighted by molar-refractivity contribution is -0.147. The largest absolute Gasteiger partial charge is 0.508 e. The number of fused-ring (bicyclic) bond motifs is 4. The summed E-state index contributed by atoms with van der Waals surface area (Å²) in [6, 6.07) is 12.1. The smallest absolute Gasteiger partial charge is 0.250 e. The number of aryl methyl sites for hydroxylation is 1. The van der Waals surface area contributed by atoms with Gasteiger partial charge >= 0.3 is 0 Å². The lowest BCUT2D eigenvalue weighted by atomic mass is 9.76. The average molecular weight is 434 g/mol. The zero-order chi connectivity index (χ0) is 23.0. The third kappa shape index (κ3) is 2.73. The predicted octanol–water partition coefficient (Wildman–Crippen LogP) is 2.46. The van der Waals surface area contributed by atoms with Crippen LogP contribution < -0.4 is 10.6 Å². The van der Waals surface area contributed by atoms with Gasteiger partial charge in [-0.25, -0.2) is 0 Å². The molecule has 0 bridgehead atoms. The molecule has 3 aliphatic rings. The number of phenols is 1. The van der Waals surface area contributed by atoms with Crippen LogP contribution in [0.3, 0.4) is 0 Å². The maximum Gasteiger partial charge on any atom is 0.250 e. The summed E-state index contributed by atoms with van der Waals surface area (Å²) in [6.07, 6.45) is 0.453. The van der Waals surface area contributed by atoms with E-state index < -0.39 is 29.0 Å². The molecule has 1 spiro atoms. The Hall–Kier alpha value is -3.19. The van der Waals surface area contributed by atoms with Crippen LogP contribution >= 0.6 is 0 Å². The Balaban J connectivity index is 1.66. The van der Waals surface area contributed by atoms with Crippen molar-refractivity contribution in [1.29, 1.82) is 0 Å². The molecule has 0 aromatic heterocycles. The van der Waals surface area contributed by atoms with Gasteiger partial charge in [0.1, 0.15) is 11.3 Å². The zero-order valence-corrected chi connectivity index (χ0v) is 18.6. The van der Waals surface area contributed by atoms with Crippen molar-refractivity contribution >= 4 is 23.4 Å². The number of carbonyl (C=O) groups excluding carboxylic acids is 3. The second-order valence-electron chi connectivity index (χ2n) is 10.1. The first-order valence-corrected chi connectivity index (χ1v) is 10.9. The van der Waals surface area contributed by atoms with E-state index in [0.717, 1.165) is 16.7 Å². The summed E-state index contributed by atoms with van der Waals surface area (Å²) in [7, 11) is 0. The maximum absolute atomic E-state index is 13.7. The Kier molecular flexibility index (Phi) is 4.30. The molecule has 7 heteroatoms. The molecule has 32 heavy (non-hydrogen) atoms. The Labute approximate surface area is 186 Å². The van der Waals surface area contributed by atoms with Gasteiger partial charge in [-0.2, -0.15) is 0 Å². The molecule has 3 aliphatic heterocycles. The van der Waals surface area contributed by atoms with Gasteiger partial charge in [0.2, 0.25) is 17.7 Å². The van der Waals surface area contributed by atoms with Gasteiger partial charge < -0.3 is 10.4 Å². The fourth-order valence-electron chi connectivity index (χ4n) is 5.64. The molecule has 0 saturated carbocycles. The SMILES string of the molecule is Cc1ccc2c(c1)[C@@]1(N[C@@H](Cc3ccc(O)cc3)[C@H]3C(=O)N(C(C)(C)C)C(=O)[C@H]31)C(=O)N2. The van der Waals surface area contributed by atoms with E-state index in [4.69, 9.17) is 0 Å². The Bertz CT molecular complexity index is 1150. The van der Waals surface area contributed by atoms with E-state index in [2.05, 4.69) is 10.6 Å². The van der Waals surface area contributed by atoms with Gasteiger partial charge in [0.15, 0.2) is 0 Å². The third-order valence-corrected chi connectivity index (χ3v) is 6.93. The van der Waals surface area contributed by atoms with E-state index in [0.29, 0.717) is 12.1 Å². The number of hydrogen-bond donors (Lipinski definition) is 3.